The summed E-state index contributed by atoms with van der Waals surface area (Å²) in [6, 6.07) is 5.53. The third kappa shape index (κ3) is 3.78. The first-order chi connectivity index (χ1) is 14.0. The molecule has 7 heteroatoms. The third-order valence-electron chi connectivity index (χ3n) is 6.00. The van der Waals surface area contributed by atoms with Gasteiger partial charge < -0.3 is 23.8 Å². The number of allylic oxidation sites excluding steroid dienone is 2. The van der Waals surface area contributed by atoms with E-state index in [1.54, 1.807) is 33.1 Å². The van der Waals surface area contributed by atoms with Crippen LogP contribution in [0.15, 0.2) is 30.4 Å². The van der Waals surface area contributed by atoms with Gasteiger partial charge in [-0.1, -0.05) is 24.3 Å². The highest BCUT2D eigenvalue weighted by Gasteiger charge is 2.51. The Morgan fingerprint density at radius 2 is 2.10 bits per heavy atom. The highest BCUT2D eigenvalue weighted by molar-refractivity contribution is 5.74. The van der Waals surface area contributed by atoms with Crippen molar-refractivity contribution in [3.8, 4) is 11.5 Å². The van der Waals surface area contributed by atoms with Gasteiger partial charge in [0.1, 0.15) is 6.61 Å². The predicted molar refractivity (Wildman–Crippen MR) is 107 cm³/mol. The molecule has 2 aliphatic rings. The Hall–Kier alpha value is -2.70. The van der Waals surface area contributed by atoms with E-state index in [-0.39, 0.29) is 30.4 Å². The molecule has 7 nitrogen and oxygen atoms in total. The number of carbonyl (C=O) groups excluding carboxylic acids is 2. The van der Waals surface area contributed by atoms with E-state index < -0.39 is 5.41 Å². The molecule has 29 heavy (non-hydrogen) atoms. The number of esters is 1. The maximum absolute atomic E-state index is 12.7. The summed E-state index contributed by atoms with van der Waals surface area (Å²) in [6.45, 7) is 2.40. The Kier molecular flexibility index (Phi) is 6.35. The van der Waals surface area contributed by atoms with E-state index in [1.807, 2.05) is 18.2 Å². The maximum Gasteiger partial charge on any atom is 0.409 e. The van der Waals surface area contributed by atoms with E-state index in [4.69, 9.17) is 18.9 Å². The van der Waals surface area contributed by atoms with Gasteiger partial charge in [-0.3, -0.25) is 4.79 Å². The molecular formula is C22H29NO6. The molecule has 0 aromatic heterocycles. The number of hydrogen-bond donors (Lipinski definition) is 0. The minimum atomic E-state index is -0.711. The van der Waals surface area contributed by atoms with E-state index >= 15 is 0 Å². The highest BCUT2D eigenvalue weighted by atomic mass is 16.6. The van der Waals surface area contributed by atoms with E-state index in [2.05, 4.69) is 12.2 Å². The Bertz CT molecular complexity index is 792. The van der Waals surface area contributed by atoms with E-state index in [0.29, 0.717) is 24.7 Å². The van der Waals surface area contributed by atoms with Crippen LogP contribution in [0, 0.1) is 5.92 Å². The van der Waals surface area contributed by atoms with Gasteiger partial charge in [0, 0.05) is 18.0 Å². The number of ether oxygens (including phenoxy) is 4. The van der Waals surface area contributed by atoms with Crippen LogP contribution in [-0.4, -0.2) is 57.5 Å². The first-order valence-electron chi connectivity index (χ1n) is 9.92. The molecule has 1 amide bonds. The summed E-state index contributed by atoms with van der Waals surface area (Å²) >= 11 is 0. The summed E-state index contributed by atoms with van der Waals surface area (Å²) in [4.78, 5) is 26.4. The van der Waals surface area contributed by atoms with Crippen molar-refractivity contribution < 1.29 is 28.5 Å². The van der Waals surface area contributed by atoms with E-state index in [9.17, 15) is 9.59 Å². The predicted octanol–water partition coefficient (Wildman–Crippen LogP) is 3.31. The van der Waals surface area contributed by atoms with Gasteiger partial charge in [0.15, 0.2) is 11.5 Å². The number of likely N-dealkylation sites (N-methyl/N-ethyl adjacent to an activating group) is 1. The van der Waals surface area contributed by atoms with Gasteiger partial charge in [0.05, 0.1) is 33.3 Å². The lowest BCUT2D eigenvalue weighted by Crippen LogP contribution is -2.49. The molecule has 1 aliphatic carbocycles. The van der Waals surface area contributed by atoms with Crippen LogP contribution in [-0.2, 0) is 19.7 Å². The zero-order valence-electron chi connectivity index (χ0n) is 17.5. The van der Waals surface area contributed by atoms with Crippen LogP contribution in [0.4, 0.5) is 4.79 Å². The number of amides is 1. The van der Waals surface area contributed by atoms with Gasteiger partial charge in [-0.25, -0.2) is 4.79 Å². The Morgan fingerprint density at radius 3 is 2.72 bits per heavy atom. The summed E-state index contributed by atoms with van der Waals surface area (Å²) in [5, 5.41) is 0. The summed E-state index contributed by atoms with van der Waals surface area (Å²) in [5.74, 6) is 0.845. The zero-order valence-corrected chi connectivity index (χ0v) is 17.5. The molecule has 1 fully saturated rings. The van der Waals surface area contributed by atoms with Crippen molar-refractivity contribution in [3.63, 3.8) is 0 Å². The van der Waals surface area contributed by atoms with Crippen molar-refractivity contribution >= 4 is 12.1 Å². The molecule has 3 rings (SSSR count). The van der Waals surface area contributed by atoms with Crippen molar-refractivity contribution in [2.24, 2.45) is 5.92 Å². The fourth-order valence-electron chi connectivity index (χ4n) is 4.66. The standard InChI is InChI=1S/C22H29NO6/c1-5-28-19(24)13-22(16-10-8-11-18(26-3)20(16)27-4)12-7-6-9-15(22)17-14-29-21(25)23(17)2/h7-8,10-12,15,17H,5-6,9,13-14H2,1-4H3/t15-,17?,22+/m0/s1. The molecule has 3 atom stereocenters. The molecule has 1 aliphatic heterocycles. The molecular weight excluding hydrogens is 374 g/mol. The quantitative estimate of drug-likeness (QED) is 0.514. The lowest BCUT2D eigenvalue weighted by molar-refractivity contribution is -0.145. The summed E-state index contributed by atoms with van der Waals surface area (Å²) < 4.78 is 21.9. The largest absolute Gasteiger partial charge is 0.493 e. The second kappa shape index (κ2) is 8.76. The van der Waals surface area contributed by atoms with Gasteiger partial charge in [-0.05, 0) is 31.7 Å². The molecule has 1 unspecified atom stereocenters. The molecule has 1 heterocycles. The SMILES string of the molecule is CCOC(=O)C[C@]1(c2cccc(OC)c2OC)C=CCC[C@H]1C1COC(=O)N1C. The maximum atomic E-state index is 12.7. The number of cyclic esters (lactones) is 1. The molecule has 0 saturated carbocycles. The van der Waals surface area contributed by atoms with Crippen LogP contribution in [0.5, 0.6) is 11.5 Å². The van der Waals surface area contributed by atoms with Crippen LogP contribution in [0.1, 0.15) is 31.7 Å². The zero-order chi connectivity index (χ0) is 21.0. The minimum absolute atomic E-state index is 0.0469. The fraction of sp³-hybridized carbons (Fsp3) is 0.545. The Balaban J connectivity index is 2.17. The number of para-hydroxylation sites is 1. The Labute approximate surface area is 171 Å². The van der Waals surface area contributed by atoms with Crippen molar-refractivity contribution in [3.05, 3.63) is 35.9 Å². The van der Waals surface area contributed by atoms with Crippen molar-refractivity contribution in [1.82, 2.24) is 4.90 Å². The van der Waals surface area contributed by atoms with Crippen LogP contribution in [0.25, 0.3) is 0 Å². The van der Waals surface area contributed by atoms with Crippen LogP contribution in [0.2, 0.25) is 0 Å². The van der Waals surface area contributed by atoms with Gasteiger partial charge in [0.25, 0.3) is 0 Å². The second-order valence-corrected chi connectivity index (χ2v) is 7.40. The van der Waals surface area contributed by atoms with Gasteiger partial charge in [-0.15, -0.1) is 0 Å². The first kappa shape index (κ1) is 21.0. The highest BCUT2D eigenvalue weighted by Crippen LogP contribution is 2.51. The summed E-state index contributed by atoms with van der Waals surface area (Å²) in [5.41, 5.74) is 0.137. The lowest BCUT2D eigenvalue weighted by atomic mass is 9.61. The average molecular weight is 403 g/mol. The van der Waals surface area contributed by atoms with E-state index in [1.165, 1.54) is 0 Å². The number of nitrogens with zero attached hydrogens (tertiary/aromatic N) is 1. The normalized spacial score (nSPS) is 26.2. The van der Waals surface area contributed by atoms with Gasteiger partial charge >= 0.3 is 12.1 Å². The van der Waals surface area contributed by atoms with Gasteiger partial charge in [0.2, 0.25) is 0 Å². The molecule has 0 radical (unpaired) electrons. The molecule has 0 bridgehead atoms. The van der Waals surface area contributed by atoms with Crippen molar-refractivity contribution in [1.29, 1.82) is 0 Å². The minimum Gasteiger partial charge on any atom is -0.493 e. The Morgan fingerprint density at radius 1 is 1.31 bits per heavy atom. The van der Waals surface area contributed by atoms with Crippen molar-refractivity contribution in [2.75, 3.05) is 34.5 Å². The van der Waals surface area contributed by atoms with Gasteiger partial charge in [-0.2, -0.15) is 0 Å². The number of methoxy groups -OCH3 is 2. The second-order valence-electron chi connectivity index (χ2n) is 7.40. The number of carbonyl (C=O) groups is 2. The first-order valence-corrected chi connectivity index (χ1v) is 9.92. The van der Waals surface area contributed by atoms with Crippen LogP contribution < -0.4 is 9.47 Å². The smallest absolute Gasteiger partial charge is 0.409 e. The third-order valence-corrected chi connectivity index (χ3v) is 6.00. The summed E-state index contributed by atoms with van der Waals surface area (Å²) in [7, 11) is 4.93. The number of hydrogen-bond acceptors (Lipinski definition) is 6. The number of rotatable bonds is 7. The molecule has 1 aromatic rings. The molecule has 0 N–H and O–H groups in total. The number of benzene rings is 1. The molecule has 1 saturated heterocycles. The molecule has 158 valence electrons. The average Bonchev–Trinajstić information content (AvgIpc) is 3.06. The molecule has 0 spiro atoms. The monoisotopic (exact) mass is 403 g/mol. The fourth-order valence-corrected chi connectivity index (χ4v) is 4.66. The van der Waals surface area contributed by atoms with Crippen LogP contribution >= 0.6 is 0 Å². The molecule has 1 aromatic carbocycles. The summed E-state index contributed by atoms with van der Waals surface area (Å²) in [6.07, 6.45) is 5.64. The van der Waals surface area contributed by atoms with Crippen LogP contribution in [0.3, 0.4) is 0 Å². The topological polar surface area (TPSA) is 74.3 Å². The lowest BCUT2D eigenvalue weighted by Gasteiger charge is -2.45. The van der Waals surface area contributed by atoms with E-state index in [0.717, 1.165) is 18.4 Å². The van der Waals surface area contributed by atoms with Crippen molar-refractivity contribution in [2.45, 2.75) is 37.6 Å².